The van der Waals surface area contributed by atoms with E-state index >= 15 is 0 Å². The van der Waals surface area contributed by atoms with Gasteiger partial charge in [-0.25, -0.2) is 13.8 Å². The summed E-state index contributed by atoms with van der Waals surface area (Å²) in [6.07, 6.45) is 3.68. The van der Waals surface area contributed by atoms with Crippen molar-refractivity contribution in [3.8, 4) is 17.1 Å². The van der Waals surface area contributed by atoms with E-state index in [4.69, 9.17) is 29.8 Å². The van der Waals surface area contributed by atoms with Crippen LogP contribution >= 0.6 is 0 Å². The molecule has 0 radical (unpaired) electrons. The minimum absolute atomic E-state index is 0.0138. The smallest absolute Gasteiger partial charge is 0.319 e. The number of pyridine rings is 1. The van der Waals surface area contributed by atoms with Gasteiger partial charge in [0.05, 0.1) is 11.1 Å². The second-order valence-electron chi connectivity index (χ2n) is 12.0. The zero-order chi connectivity index (χ0) is 28.6. The Morgan fingerprint density at radius 3 is 2.79 bits per heavy atom. The second-order valence-corrected chi connectivity index (χ2v) is 12.0. The van der Waals surface area contributed by atoms with Crippen LogP contribution < -0.4 is 26.0 Å². The molecule has 42 heavy (non-hydrogen) atoms. The first-order valence-electron chi connectivity index (χ1n) is 14.7. The average Bonchev–Trinajstić information content (AvgIpc) is 3.70. The number of piperazine rings is 1. The number of fused-ring (bicyclic) bond motifs is 5. The van der Waals surface area contributed by atoms with Crippen molar-refractivity contribution in [3.05, 3.63) is 24.0 Å². The molecule has 13 heteroatoms. The average molecular weight is 578 g/mol. The van der Waals surface area contributed by atoms with Crippen LogP contribution in [0.1, 0.15) is 32.1 Å². The maximum Gasteiger partial charge on any atom is 0.319 e. The first-order valence-corrected chi connectivity index (χ1v) is 14.7. The van der Waals surface area contributed by atoms with Crippen molar-refractivity contribution < 1.29 is 17.9 Å². The highest BCUT2D eigenvalue weighted by Gasteiger charge is 2.49. The molecular formula is C29H33F2N9O2. The molecule has 4 N–H and O–H groups in total. The monoisotopic (exact) mass is 577 g/mol. The van der Waals surface area contributed by atoms with Crippen molar-refractivity contribution in [3.63, 3.8) is 0 Å². The molecule has 2 bridgehead atoms. The van der Waals surface area contributed by atoms with E-state index in [1.54, 1.807) is 13.1 Å². The summed E-state index contributed by atoms with van der Waals surface area (Å²) in [5, 5.41) is 6.72. The highest BCUT2D eigenvalue weighted by atomic mass is 19.1. The van der Waals surface area contributed by atoms with E-state index < -0.39 is 12.0 Å². The Labute approximate surface area is 240 Å². The largest absolute Gasteiger partial charge is 0.461 e. The van der Waals surface area contributed by atoms with Crippen molar-refractivity contribution >= 4 is 39.8 Å². The summed E-state index contributed by atoms with van der Waals surface area (Å²) in [6, 6.07) is 5.58. The highest BCUT2D eigenvalue weighted by Crippen LogP contribution is 2.42. The molecule has 1 aromatic carbocycles. The number of rotatable bonds is 6. The lowest BCUT2D eigenvalue weighted by Gasteiger charge is -2.36. The van der Waals surface area contributed by atoms with Gasteiger partial charge in [-0.3, -0.25) is 4.90 Å². The number of anilines is 3. The molecule has 0 saturated carbocycles. The number of oxazole rings is 1. The minimum atomic E-state index is -0.844. The molecule has 0 amide bonds. The van der Waals surface area contributed by atoms with Gasteiger partial charge in [0.2, 0.25) is 0 Å². The first kappa shape index (κ1) is 25.8. The van der Waals surface area contributed by atoms with E-state index in [1.807, 2.05) is 6.07 Å². The standard InChI is InChI=1S/C29H33F2N9O2/c1-33-25-19(18-5-6-20(31)24-22(18)37-27(32)42-24)9-21-23(36-25)26(40-16-3-4-17(40)12-34-11-16)38-28(35-21)41-14-29-7-2-8-39(29)13-15(30)10-29/h5-6,9,15-17,34H,2-4,7-8,10-14H2,1H3,(H2,32,37)(H,33,36)/t15-,16?,17?,29+/m1/s1. The number of hydrogen-bond acceptors (Lipinski definition) is 11. The van der Waals surface area contributed by atoms with Crippen molar-refractivity contribution in [2.24, 2.45) is 0 Å². The lowest BCUT2D eigenvalue weighted by Crippen LogP contribution is -2.52. The van der Waals surface area contributed by atoms with Crippen LogP contribution in [0.4, 0.5) is 26.4 Å². The highest BCUT2D eigenvalue weighted by molar-refractivity contribution is 5.99. The Bertz CT molecular complexity index is 1680. The molecule has 4 aliphatic heterocycles. The molecule has 7 heterocycles. The van der Waals surface area contributed by atoms with Crippen molar-refractivity contribution in [1.82, 2.24) is 30.2 Å². The Kier molecular flexibility index (Phi) is 5.90. The summed E-state index contributed by atoms with van der Waals surface area (Å²) in [5.41, 5.74) is 8.28. The summed E-state index contributed by atoms with van der Waals surface area (Å²) in [7, 11) is 1.79. The third kappa shape index (κ3) is 3.97. The molecule has 4 fully saturated rings. The van der Waals surface area contributed by atoms with Crippen LogP contribution in [-0.2, 0) is 0 Å². The summed E-state index contributed by atoms with van der Waals surface area (Å²) in [5.74, 6) is 0.755. The quantitative estimate of drug-likeness (QED) is 0.311. The van der Waals surface area contributed by atoms with Gasteiger partial charge in [-0.1, -0.05) is 0 Å². The number of ether oxygens (including phenoxy) is 1. The Morgan fingerprint density at radius 2 is 1.98 bits per heavy atom. The predicted octanol–water partition coefficient (Wildman–Crippen LogP) is 3.49. The SMILES string of the molecule is CNc1nc2c(N3C4CCC3CNC4)nc(OC[C@@]34CCCN3C[C@H](F)C4)nc2cc1-c1ccc(F)c2oc(N)nc12. The lowest BCUT2D eigenvalue weighted by atomic mass is 9.95. The molecule has 4 saturated heterocycles. The predicted molar refractivity (Wildman–Crippen MR) is 155 cm³/mol. The van der Waals surface area contributed by atoms with E-state index in [0.717, 1.165) is 51.1 Å². The lowest BCUT2D eigenvalue weighted by molar-refractivity contribution is 0.107. The molecule has 4 aromatic rings. The van der Waals surface area contributed by atoms with Gasteiger partial charge in [-0.05, 0) is 50.4 Å². The minimum Gasteiger partial charge on any atom is -0.461 e. The number of nitrogen functional groups attached to an aromatic ring is 1. The fraction of sp³-hybridized carbons (Fsp3) is 0.517. The van der Waals surface area contributed by atoms with E-state index in [0.29, 0.717) is 53.1 Å². The van der Waals surface area contributed by atoms with Crippen LogP contribution in [0.25, 0.3) is 33.3 Å². The molecule has 4 aliphatic rings. The molecule has 0 spiro atoms. The molecule has 2 unspecified atom stereocenters. The van der Waals surface area contributed by atoms with Gasteiger partial charge in [0.1, 0.15) is 29.6 Å². The topological polar surface area (TPSA) is 130 Å². The Morgan fingerprint density at radius 1 is 1.14 bits per heavy atom. The van der Waals surface area contributed by atoms with Crippen molar-refractivity contribution in [1.29, 1.82) is 0 Å². The van der Waals surface area contributed by atoms with E-state index in [1.165, 1.54) is 6.07 Å². The summed E-state index contributed by atoms with van der Waals surface area (Å²) >= 11 is 0. The van der Waals surface area contributed by atoms with E-state index in [9.17, 15) is 8.78 Å². The summed E-state index contributed by atoms with van der Waals surface area (Å²) in [6.45, 7) is 3.41. The number of nitrogens with one attached hydrogen (secondary N) is 2. The van der Waals surface area contributed by atoms with Crippen LogP contribution in [0.5, 0.6) is 6.01 Å². The van der Waals surface area contributed by atoms with Gasteiger partial charge < -0.3 is 30.4 Å². The maximum atomic E-state index is 14.6. The fourth-order valence-corrected chi connectivity index (χ4v) is 7.65. The van der Waals surface area contributed by atoms with Crippen LogP contribution in [-0.4, -0.2) is 88.5 Å². The van der Waals surface area contributed by atoms with Crippen LogP contribution in [0.2, 0.25) is 0 Å². The fourth-order valence-electron chi connectivity index (χ4n) is 7.65. The number of halogens is 2. The zero-order valence-corrected chi connectivity index (χ0v) is 23.4. The summed E-state index contributed by atoms with van der Waals surface area (Å²) < 4.78 is 40.7. The van der Waals surface area contributed by atoms with Crippen LogP contribution in [0, 0.1) is 5.82 Å². The molecule has 0 aliphatic carbocycles. The van der Waals surface area contributed by atoms with Crippen molar-refractivity contribution in [2.75, 3.05) is 55.8 Å². The molecule has 4 atom stereocenters. The van der Waals surface area contributed by atoms with E-state index in [-0.39, 0.29) is 35.2 Å². The Hall–Kier alpha value is -3.84. The first-order chi connectivity index (χ1) is 20.4. The number of alkyl halides is 1. The number of hydrogen-bond donors (Lipinski definition) is 3. The number of nitrogens with two attached hydrogens (primary N) is 1. The number of nitrogens with zero attached hydrogens (tertiary/aromatic N) is 6. The molecule has 11 nitrogen and oxygen atoms in total. The molecule has 8 rings (SSSR count). The number of aromatic nitrogens is 4. The van der Waals surface area contributed by atoms with Crippen molar-refractivity contribution in [2.45, 2.75) is 55.9 Å². The molecule has 220 valence electrons. The van der Waals surface area contributed by atoms with Gasteiger partial charge in [0, 0.05) is 56.3 Å². The summed E-state index contributed by atoms with van der Waals surface area (Å²) in [4.78, 5) is 23.7. The third-order valence-electron chi connectivity index (χ3n) is 9.53. The van der Waals surface area contributed by atoms with Crippen LogP contribution in [0.15, 0.2) is 22.6 Å². The van der Waals surface area contributed by atoms with Gasteiger partial charge in [-0.2, -0.15) is 15.0 Å². The van der Waals surface area contributed by atoms with Gasteiger partial charge in [-0.15, -0.1) is 0 Å². The third-order valence-corrected chi connectivity index (χ3v) is 9.53. The number of benzene rings is 1. The normalized spacial score (nSPS) is 27.3. The zero-order valence-electron chi connectivity index (χ0n) is 23.4. The second kappa shape index (κ2) is 9.60. The van der Waals surface area contributed by atoms with Crippen LogP contribution in [0.3, 0.4) is 0 Å². The Balaban J connectivity index is 1.27. The van der Waals surface area contributed by atoms with Gasteiger partial charge in [0.15, 0.2) is 17.2 Å². The van der Waals surface area contributed by atoms with Gasteiger partial charge in [0.25, 0.3) is 6.01 Å². The van der Waals surface area contributed by atoms with Gasteiger partial charge >= 0.3 is 6.01 Å². The molecular weight excluding hydrogens is 544 g/mol. The van der Waals surface area contributed by atoms with E-state index in [2.05, 4.69) is 25.4 Å². The molecule has 3 aromatic heterocycles. The maximum absolute atomic E-state index is 14.6.